The van der Waals surface area contributed by atoms with Crippen molar-refractivity contribution in [3.63, 3.8) is 0 Å². The van der Waals surface area contributed by atoms with Crippen molar-refractivity contribution in [3.05, 3.63) is 53.6 Å². The van der Waals surface area contributed by atoms with Crippen molar-refractivity contribution in [2.75, 3.05) is 35.5 Å². The Morgan fingerprint density at radius 2 is 1.76 bits per heavy atom. The van der Waals surface area contributed by atoms with Crippen LogP contribution in [0.1, 0.15) is 30.1 Å². The van der Waals surface area contributed by atoms with Crippen LogP contribution in [-0.2, 0) is 21.2 Å². The number of carbonyl (C=O) groups excluding carboxylic acids is 2. The molecule has 0 bridgehead atoms. The third-order valence-corrected chi connectivity index (χ3v) is 7.86. The summed E-state index contributed by atoms with van der Waals surface area (Å²) in [7, 11) is -3.55. The van der Waals surface area contributed by atoms with Crippen LogP contribution in [-0.4, -0.2) is 67.0 Å². The summed E-state index contributed by atoms with van der Waals surface area (Å²) in [6.07, 6.45) is 2.45. The second kappa shape index (κ2) is 13.7. The predicted molar refractivity (Wildman–Crippen MR) is 154 cm³/mol. The molecule has 2 aliphatic heterocycles. The molecular formula is C24H32Cl2N4O6S2. The number of sulfonamides is 1. The number of amides is 2. The zero-order chi connectivity index (χ0) is 25.9. The molecule has 210 valence electrons. The fraction of sp³-hybridized carbons (Fsp3) is 0.417. The maximum absolute atomic E-state index is 11.8. The monoisotopic (exact) mass is 606 g/mol. The summed E-state index contributed by atoms with van der Waals surface area (Å²) < 4.78 is 25.2. The molecule has 2 unspecified atom stereocenters. The number of rotatable bonds is 9. The summed E-state index contributed by atoms with van der Waals surface area (Å²) in [5.41, 5.74) is 2.65. The lowest BCUT2D eigenvalue weighted by molar-refractivity contribution is -0.118. The molecule has 0 spiro atoms. The highest BCUT2D eigenvalue weighted by Gasteiger charge is 2.31. The number of nitrogens with zero attached hydrogens (tertiary/aromatic N) is 1. The summed E-state index contributed by atoms with van der Waals surface area (Å²) in [5, 5.41) is 25.5. The number of anilines is 2. The predicted octanol–water partition coefficient (Wildman–Crippen LogP) is 2.79. The molecule has 2 amide bonds. The molecule has 5 N–H and O–H groups in total. The van der Waals surface area contributed by atoms with E-state index in [1.54, 1.807) is 6.07 Å². The number of carbonyl (C=O) groups is 2. The van der Waals surface area contributed by atoms with E-state index in [-0.39, 0.29) is 58.7 Å². The summed E-state index contributed by atoms with van der Waals surface area (Å²) >= 11 is 1.04. The number of imide groups is 1. The van der Waals surface area contributed by atoms with Crippen LogP contribution in [0.5, 0.6) is 5.75 Å². The number of piperidine rings is 1. The molecule has 0 aromatic heterocycles. The van der Waals surface area contributed by atoms with Gasteiger partial charge in [-0.05, 0) is 54.7 Å². The van der Waals surface area contributed by atoms with Crippen LogP contribution in [0.25, 0.3) is 0 Å². The molecule has 2 fully saturated rings. The Kier molecular flexibility index (Phi) is 11.6. The van der Waals surface area contributed by atoms with Crippen molar-refractivity contribution in [1.82, 2.24) is 10.6 Å². The molecule has 38 heavy (non-hydrogen) atoms. The number of thioether (sulfide) groups is 1. The van der Waals surface area contributed by atoms with E-state index in [1.165, 1.54) is 12.1 Å². The van der Waals surface area contributed by atoms with Crippen LogP contribution in [0.4, 0.5) is 16.2 Å². The van der Waals surface area contributed by atoms with Crippen molar-refractivity contribution in [2.24, 2.45) is 0 Å². The molecule has 0 radical (unpaired) electrons. The standard InChI is InChI=1S/C24H30N4O6S2.2ClH/c1-36(33,34)27-19-13-16(4-7-20(19)29)21(30)14-25-17-8-10-28(11-9-17)18-5-2-15(3-6-18)12-22-23(31)26-24(32)35-22;;/h2-7,13,17,21-22,25,27,29-30H,8-12,14H2,1H3,(H,26,31,32);2*1H. The lowest BCUT2D eigenvalue weighted by Crippen LogP contribution is -2.43. The number of aromatic hydroxyl groups is 1. The van der Waals surface area contributed by atoms with Crippen molar-refractivity contribution in [1.29, 1.82) is 0 Å². The number of hydrogen-bond donors (Lipinski definition) is 5. The average Bonchev–Trinajstić information content (AvgIpc) is 3.15. The number of benzene rings is 2. The van der Waals surface area contributed by atoms with Crippen LogP contribution >= 0.6 is 36.6 Å². The van der Waals surface area contributed by atoms with Crippen LogP contribution < -0.4 is 20.3 Å². The van der Waals surface area contributed by atoms with Gasteiger partial charge in [-0.2, -0.15) is 0 Å². The topological polar surface area (TPSA) is 148 Å². The van der Waals surface area contributed by atoms with E-state index in [9.17, 15) is 28.2 Å². The van der Waals surface area contributed by atoms with E-state index in [1.807, 2.05) is 24.3 Å². The first-order valence-corrected chi connectivity index (χ1v) is 14.4. The highest BCUT2D eigenvalue weighted by molar-refractivity contribution is 8.15. The van der Waals surface area contributed by atoms with E-state index in [2.05, 4.69) is 20.3 Å². The summed E-state index contributed by atoms with van der Waals surface area (Å²) in [6, 6.07) is 12.7. The molecule has 2 saturated heterocycles. The normalized spacial score (nSPS) is 18.8. The number of halogens is 2. The second-order valence-corrected chi connectivity index (χ2v) is 12.0. The van der Waals surface area contributed by atoms with E-state index in [4.69, 9.17) is 0 Å². The smallest absolute Gasteiger partial charge is 0.286 e. The summed E-state index contributed by atoms with van der Waals surface area (Å²) in [6.45, 7) is 2.01. The van der Waals surface area contributed by atoms with Gasteiger partial charge < -0.3 is 20.4 Å². The van der Waals surface area contributed by atoms with Gasteiger partial charge in [0.05, 0.1) is 23.3 Å². The molecular weight excluding hydrogens is 575 g/mol. The number of phenolic OH excluding ortho intramolecular Hbond substituents is 1. The summed E-state index contributed by atoms with van der Waals surface area (Å²) in [5.74, 6) is -0.437. The molecule has 2 aromatic carbocycles. The van der Waals surface area contributed by atoms with E-state index >= 15 is 0 Å². The maximum atomic E-state index is 11.8. The van der Waals surface area contributed by atoms with E-state index in [0.29, 0.717) is 18.5 Å². The molecule has 2 heterocycles. The highest BCUT2D eigenvalue weighted by atomic mass is 35.5. The Labute approximate surface area is 238 Å². The lowest BCUT2D eigenvalue weighted by atomic mass is 10.0. The average molecular weight is 608 g/mol. The molecule has 0 aliphatic carbocycles. The fourth-order valence-corrected chi connectivity index (χ4v) is 5.79. The van der Waals surface area contributed by atoms with Crippen LogP contribution in [0, 0.1) is 0 Å². The van der Waals surface area contributed by atoms with Crippen molar-refractivity contribution < 1.29 is 28.2 Å². The molecule has 2 aliphatic rings. The van der Waals surface area contributed by atoms with Gasteiger partial charge in [-0.25, -0.2) is 8.42 Å². The number of aliphatic hydroxyl groups excluding tert-OH is 1. The minimum absolute atomic E-state index is 0. The Morgan fingerprint density at radius 3 is 2.34 bits per heavy atom. The van der Waals surface area contributed by atoms with Gasteiger partial charge >= 0.3 is 0 Å². The first-order valence-electron chi connectivity index (χ1n) is 11.6. The first kappa shape index (κ1) is 32.0. The Balaban J connectivity index is 0.00000253. The Hall–Kier alpha value is -2.22. The largest absolute Gasteiger partial charge is 0.506 e. The minimum atomic E-state index is -3.55. The van der Waals surface area contributed by atoms with Gasteiger partial charge in [0.2, 0.25) is 15.9 Å². The van der Waals surface area contributed by atoms with Gasteiger partial charge in [-0.15, -0.1) is 24.8 Å². The quantitative estimate of drug-likeness (QED) is 0.272. The van der Waals surface area contributed by atoms with Gasteiger partial charge in [0.1, 0.15) is 5.75 Å². The van der Waals surface area contributed by atoms with Crippen molar-refractivity contribution in [3.8, 4) is 5.75 Å². The van der Waals surface area contributed by atoms with E-state index < -0.39 is 16.1 Å². The third kappa shape index (κ3) is 8.65. The number of aliphatic hydroxyl groups is 1. The lowest BCUT2D eigenvalue weighted by Gasteiger charge is -2.34. The fourth-order valence-electron chi connectivity index (χ4n) is 4.36. The third-order valence-electron chi connectivity index (χ3n) is 6.29. The Bertz CT molecular complexity index is 1220. The molecule has 0 saturated carbocycles. The first-order chi connectivity index (χ1) is 17.1. The molecule has 10 nitrogen and oxygen atoms in total. The zero-order valence-electron chi connectivity index (χ0n) is 20.6. The molecule has 2 atom stereocenters. The maximum Gasteiger partial charge on any atom is 0.286 e. The number of phenols is 1. The molecule has 2 aromatic rings. The number of nitrogens with one attached hydrogen (secondary N) is 3. The van der Waals surface area contributed by atoms with Crippen LogP contribution in [0.2, 0.25) is 0 Å². The molecule has 14 heteroatoms. The SMILES string of the molecule is CS(=O)(=O)Nc1cc(C(O)CNC2CCN(c3ccc(CC4SC(=O)NC4=O)cc3)CC2)ccc1O.Cl.Cl. The van der Waals surface area contributed by atoms with E-state index in [0.717, 1.165) is 55.2 Å². The highest BCUT2D eigenvalue weighted by Crippen LogP contribution is 2.28. The molecule has 4 rings (SSSR count). The van der Waals surface area contributed by atoms with Gasteiger partial charge in [0.15, 0.2) is 0 Å². The van der Waals surface area contributed by atoms with Gasteiger partial charge in [-0.3, -0.25) is 19.6 Å². The van der Waals surface area contributed by atoms with Gasteiger partial charge in [0.25, 0.3) is 5.24 Å². The van der Waals surface area contributed by atoms with Gasteiger partial charge in [-0.1, -0.05) is 30.0 Å². The Morgan fingerprint density at radius 1 is 1.11 bits per heavy atom. The second-order valence-electron chi connectivity index (χ2n) is 9.09. The summed E-state index contributed by atoms with van der Waals surface area (Å²) in [4.78, 5) is 25.4. The van der Waals surface area contributed by atoms with Crippen molar-refractivity contribution in [2.45, 2.75) is 36.7 Å². The van der Waals surface area contributed by atoms with Gasteiger partial charge in [0, 0.05) is 31.4 Å². The minimum Gasteiger partial charge on any atom is -0.506 e. The van der Waals surface area contributed by atoms with Crippen molar-refractivity contribution >= 4 is 69.1 Å². The van der Waals surface area contributed by atoms with Crippen LogP contribution in [0.3, 0.4) is 0 Å². The number of hydrogen-bond acceptors (Lipinski definition) is 9. The zero-order valence-corrected chi connectivity index (χ0v) is 23.9. The van der Waals surface area contributed by atoms with Crippen LogP contribution in [0.15, 0.2) is 42.5 Å².